The molecule has 1 aliphatic rings. The first kappa shape index (κ1) is 40.9. The zero-order valence-electron chi connectivity index (χ0n) is 31.7. The average molecular weight is 762 g/mol. The highest BCUT2D eigenvalue weighted by Crippen LogP contribution is 2.45. The van der Waals surface area contributed by atoms with Crippen molar-refractivity contribution in [3.05, 3.63) is 144 Å². The normalized spacial score (nSPS) is 13.6. The van der Waals surface area contributed by atoms with E-state index in [9.17, 15) is 29.1 Å². The minimum atomic E-state index is -1.61. The molecule has 0 bridgehead atoms. The van der Waals surface area contributed by atoms with Crippen molar-refractivity contribution in [2.75, 3.05) is 19.9 Å². The average Bonchev–Trinajstić information content (AvgIpc) is 3.52. The molecule has 56 heavy (non-hydrogen) atoms. The molecular formula is C44H47N3O9. The topological polar surface area (TPSA) is 161 Å². The van der Waals surface area contributed by atoms with E-state index in [-0.39, 0.29) is 26.0 Å². The highest BCUT2D eigenvalue weighted by Gasteiger charge is 2.44. The van der Waals surface area contributed by atoms with E-state index in [1.165, 1.54) is 11.0 Å². The van der Waals surface area contributed by atoms with Gasteiger partial charge < -0.3 is 29.5 Å². The van der Waals surface area contributed by atoms with E-state index in [1.54, 1.807) is 75.4 Å². The maximum atomic E-state index is 14.6. The molecule has 292 valence electrons. The summed E-state index contributed by atoms with van der Waals surface area (Å²) >= 11 is 0. The molecule has 0 saturated heterocycles. The predicted molar refractivity (Wildman–Crippen MR) is 209 cm³/mol. The smallest absolute Gasteiger partial charge is 0.407 e. The summed E-state index contributed by atoms with van der Waals surface area (Å²) in [5, 5.41) is 16.2. The van der Waals surface area contributed by atoms with Crippen LogP contribution in [-0.2, 0) is 39.8 Å². The van der Waals surface area contributed by atoms with Crippen LogP contribution in [0.3, 0.4) is 0 Å². The van der Waals surface area contributed by atoms with E-state index in [2.05, 4.69) is 17.2 Å². The number of carbonyl (C=O) groups is 5. The van der Waals surface area contributed by atoms with Crippen LogP contribution in [0.15, 0.2) is 122 Å². The molecule has 0 spiro atoms. The molecule has 0 saturated carbocycles. The summed E-state index contributed by atoms with van der Waals surface area (Å²) in [5.41, 5.74) is 3.47. The maximum absolute atomic E-state index is 14.6. The van der Waals surface area contributed by atoms with Gasteiger partial charge in [0.15, 0.2) is 0 Å². The van der Waals surface area contributed by atoms with E-state index in [1.807, 2.05) is 54.6 Å². The van der Waals surface area contributed by atoms with E-state index < -0.39 is 66.3 Å². The Morgan fingerprint density at radius 1 is 0.821 bits per heavy atom. The number of hydrogen-bond donors (Lipinski definition) is 3. The third kappa shape index (κ3) is 10.3. The molecule has 1 unspecified atom stereocenters. The molecule has 3 atom stereocenters. The second-order valence-corrected chi connectivity index (χ2v) is 14.2. The fourth-order valence-corrected chi connectivity index (χ4v) is 6.80. The lowest BCUT2D eigenvalue weighted by Gasteiger charge is -2.41. The van der Waals surface area contributed by atoms with Crippen LogP contribution in [0.4, 0.5) is 4.79 Å². The maximum Gasteiger partial charge on any atom is 0.407 e. The number of nitrogens with one attached hydrogen (secondary N) is 2. The number of esters is 2. The van der Waals surface area contributed by atoms with Crippen molar-refractivity contribution < 1.29 is 43.3 Å². The molecule has 0 heterocycles. The van der Waals surface area contributed by atoms with Crippen molar-refractivity contribution in [1.82, 2.24) is 15.5 Å². The molecule has 2 amide bonds. The van der Waals surface area contributed by atoms with Gasteiger partial charge in [-0.3, -0.25) is 19.7 Å². The summed E-state index contributed by atoms with van der Waals surface area (Å²) in [5.74, 6) is -4.11. The quantitative estimate of drug-likeness (QED) is 0.0492. The van der Waals surface area contributed by atoms with Crippen LogP contribution in [0.2, 0.25) is 0 Å². The first-order valence-corrected chi connectivity index (χ1v) is 18.3. The summed E-state index contributed by atoms with van der Waals surface area (Å²) in [7, 11) is 0. The minimum absolute atomic E-state index is 0.0263. The Morgan fingerprint density at radius 2 is 1.39 bits per heavy atom. The molecule has 0 fully saturated rings. The molecule has 0 aliphatic heterocycles. The number of nitrogens with zero attached hydrogens (tertiary/aromatic N) is 1. The Kier molecular flexibility index (Phi) is 13.8. The van der Waals surface area contributed by atoms with Crippen molar-refractivity contribution in [3.63, 3.8) is 0 Å². The van der Waals surface area contributed by atoms with Gasteiger partial charge in [0.1, 0.15) is 36.9 Å². The Balaban J connectivity index is 1.51. The second kappa shape index (κ2) is 18.9. The van der Waals surface area contributed by atoms with Crippen LogP contribution in [0, 0.1) is 0 Å². The number of benzene rings is 4. The number of rotatable bonds is 17. The summed E-state index contributed by atoms with van der Waals surface area (Å²) in [6.07, 6.45) is 0.258. The first-order valence-electron chi connectivity index (χ1n) is 18.3. The second-order valence-electron chi connectivity index (χ2n) is 14.2. The van der Waals surface area contributed by atoms with Gasteiger partial charge in [-0.15, -0.1) is 0 Å². The lowest BCUT2D eigenvalue weighted by Crippen LogP contribution is -2.57. The van der Waals surface area contributed by atoms with Gasteiger partial charge in [-0.05, 0) is 54.2 Å². The summed E-state index contributed by atoms with van der Waals surface area (Å²) in [6, 6.07) is 28.2. The molecular weight excluding hydrogens is 714 g/mol. The van der Waals surface area contributed by atoms with Crippen molar-refractivity contribution in [3.8, 4) is 11.1 Å². The molecule has 0 aromatic heterocycles. The van der Waals surface area contributed by atoms with Gasteiger partial charge in [0.05, 0.1) is 6.04 Å². The third-order valence-electron chi connectivity index (χ3n) is 9.12. The molecule has 3 N–H and O–H groups in total. The SMILES string of the molecule is C=CCOC(=O)NCCC(=O)N(C(c1ccccc1)[C@@H](NCOC(=O)C1c2ccccc2-c2ccccc21)C(=O)O)[C@@H](Cc1ccccc1)C(=O)OC(C)(C)C. The van der Waals surface area contributed by atoms with E-state index >= 15 is 0 Å². The lowest BCUT2D eigenvalue weighted by molar-refractivity contribution is -0.168. The predicted octanol–water partition coefficient (Wildman–Crippen LogP) is 6.17. The van der Waals surface area contributed by atoms with Crippen LogP contribution in [0.5, 0.6) is 0 Å². The van der Waals surface area contributed by atoms with Crippen LogP contribution in [-0.4, -0.2) is 77.5 Å². The number of alkyl carbamates (subject to hydrolysis) is 1. The fourth-order valence-electron chi connectivity index (χ4n) is 6.80. The molecule has 5 rings (SSSR count). The minimum Gasteiger partial charge on any atom is -0.480 e. The monoisotopic (exact) mass is 761 g/mol. The van der Waals surface area contributed by atoms with E-state index in [4.69, 9.17) is 14.2 Å². The van der Waals surface area contributed by atoms with Crippen LogP contribution < -0.4 is 10.6 Å². The Hall–Kier alpha value is -6.27. The molecule has 12 heteroatoms. The number of carbonyl (C=O) groups excluding carboxylic acids is 4. The number of carboxylic acids is 1. The highest BCUT2D eigenvalue weighted by atomic mass is 16.6. The molecule has 4 aromatic carbocycles. The Morgan fingerprint density at radius 3 is 1.96 bits per heavy atom. The van der Waals surface area contributed by atoms with E-state index in [0.717, 1.165) is 22.3 Å². The number of amides is 2. The molecule has 1 aliphatic carbocycles. The number of hydrogen-bond acceptors (Lipinski definition) is 9. The van der Waals surface area contributed by atoms with Gasteiger partial charge in [-0.25, -0.2) is 9.59 Å². The highest BCUT2D eigenvalue weighted by molar-refractivity contribution is 5.93. The number of fused-ring (bicyclic) bond motifs is 3. The van der Waals surface area contributed by atoms with E-state index in [0.29, 0.717) is 11.1 Å². The standard InChI is InChI=1S/C44H47N3O9/c1-5-26-54-43(53)45-25-24-36(48)47(35(41(51)56-44(2,3)4)27-29-16-8-6-9-17-29)39(30-18-10-7-11-19-30)38(40(49)50)46-28-55-42(52)37-33-22-14-12-20-31(33)32-21-13-15-23-34(32)37/h5-23,35,37-39,46H,1,24-28H2,2-4H3,(H,45,53)(H,49,50)/t35-,38+,39?/m0/s1. The van der Waals surface area contributed by atoms with Crippen LogP contribution in [0.1, 0.15) is 61.4 Å². The molecule has 0 radical (unpaired) electrons. The van der Waals surface area contributed by atoms with Crippen molar-refractivity contribution in [2.24, 2.45) is 0 Å². The number of aliphatic carboxylic acids is 1. The number of carboxylic acid groups (broad SMARTS) is 1. The van der Waals surface area contributed by atoms with Gasteiger partial charge in [0.2, 0.25) is 5.91 Å². The zero-order valence-corrected chi connectivity index (χ0v) is 31.7. The van der Waals surface area contributed by atoms with Crippen LogP contribution in [0.25, 0.3) is 11.1 Å². The summed E-state index contributed by atoms with van der Waals surface area (Å²) in [4.78, 5) is 69.4. The van der Waals surface area contributed by atoms with Crippen LogP contribution >= 0.6 is 0 Å². The van der Waals surface area contributed by atoms with Gasteiger partial charge in [0.25, 0.3) is 0 Å². The third-order valence-corrected chi connectivity index (χ3v) is 9.12. The van der Waals surface area contributed by atoms with Crippen molar-refractivity contribution in [1.29, 1.82) is 0 Å². The van der Waals surface area contributed by atoms with Crippen molar-refractivity contribution >= 4 is 29.9 Å². The van der Waals surface area contributed by atoms with Crippen molar-refractivity contribution in [2.45, 2.75) is 63.3 Å². The summed E-state index contributed by atoms with van der Waals surface area (Å²) < 4.78 is 16.6. The molecule has 4 aromatic rings. The van der Waals surface area contributed by atoms with Gasteiger partial charge >= 0.3 is 24.0 Å². The fraction of sp³-hybridized carbons (Fsp3) is 0.295. The lowest BCUT2D eigenvalue weighted by atomic mass is 9.93. The Labute approximate surface area is 326 Å². The number of ether oxygens (including phenoxy) is 3. The summed E-state index contributed by atoms with van der Waals surface area (Å²) in [6.45, 7) is 7.84. The first-order chi connectivity index (χ1) is 26.9. The largest absolute Gasteiger partial charge is 0.480 e. The van der Waals surface area contributed by atoms with Gasteiger partial charge in [-0.1, -0.05) is 122 Å². The van der Waals surface area contributed by atoms with Gasteiger partial charge in [0, 0.05) is 19.4 Å². The van der Waals surface area contributed by atoms with Gasteiger partial charge in [-0.2, -0.15) is 0 Å². The Bertz CT molecular complexity index is 1970. The molecule has 12 nitrogen and oxygen atoms in total. The zero-order chi connectivity index (χ0) is 40.2.